The topological polar surface area (TPSA) is 20.2 Å². The van der Waals surface area contributed by atoms with Crippen molar-refractivity contribution in [1.82, 2.24) is 0 Å². The van der Waals surface area contributed by atoms with Gasteiger partial charge in [-0.1, -0.05) is 27.7 Å². The predicted octanol–water partition coefficient (Wildman–Crippen LogP) is 2.97. The Morgan fingerprint density at radius 3 is 2.23 bits per heavy atom. The second kappa shape index (κ2) is 2.31. The maximum Gasteiger partial charge on any atom is 0.0751 e. The van der Waals surface area contributed by atoms with Crippen LogP contribution < -0.4 is 0 Å². The van der Waals surface area contributed by atoms with Gasteiger partial charge in [-0.3, -0.25) is 0 Å². The minimum absolute atomic E-state index is 0.134. The van der Waals surface area contributed by atoms with Crippen LogP contribution in [0.15, 0.2) is 0 Å². The lowest BCUT2D eigenvalue weighted by molar-refractivity contribution is -0.144. The number of hydrogen-bond donors (Lipinski definition) is 1. The molecule has 0 heterocycles. The highest BCUT2D eigenvalue weighted by Crippen LogP contribution is 2.68. The van der Waals surface area contributed by atoms with Crippen molar-refractivity contribution in [3.05, 3.63) is 0 Å². The molecule has 0 aromatic carbocycles. The van der Waals surface area contributed by atoms with Crippen LogP contribution in [0.25, 0.3) is 0 Å². The van der Waals surface area contributed by atoms with Gasteiger partial charge in [0.2, 0.25) is 0 Å². The fourth-order valence-electron chi connectivity index (χ4n) is 4.23. The Kier molecular flexibility index (Phi) is 1.69. The zero-order valence-corrected chi connectivity index (χ0v) is 9.35. The van der Waals surface area contributed by atoms with Gasteiger partial charge in [0.1, 0.15) is 0 Å². The van der Waals surface area contributed by atoms with Crippen molar-refractivity contribution in [2.75, 3.05) is 0 Å². The van der Waals surface area contributed by atoms with Crippen molar-refractivity contribution in [1.29, 1.82) is 0 Å². The summed E-state index contributed by atoms with van der Waals surface area (Å²) in [4.78, 5) is 0. The first kappa shape index (κ1) is 9.51. The summed E-state index contributed by atoms with van der Waals surface area (Å²) in [6, 6.07) is 0. The molecule has 2 fully saturated rings. The minimum atomic E-state index is -0.414. The molecule has 2 saturated carbocycles. The van der Waals surface area contributed by atoms with Crippen molar-refractivity contribution < 1.29 is 5.11 Å². The summed E-state index contributed by atoms with van der Waals surface area (Å²) in [5.41, 5.74) is -0.0758. The van der Waals surface area contributed by atoms with Crippen LogP contribution >= 0.6 is 0 Å². The van der Waals surface area contributed by atoms with Gasteiger partial charge in [0.05, 0.1) is 5.60 Å². The van der Waals surface area contributed by atoms with E-state index in [0.717, 1.165) is 12.3 Å². The maximum atomic E-state index is 10.8. The SMILES string of the molecule is CC[C@@]1(O)C2(C)CCC(C2)C1(C)C. The smallest absolute Gasteiger partial charge is 0.0751 e. The van der Waals surface area contributed by atoms with Gasteiger partial charge in [0.15, 0.2) is 0 Å². The van der Waals surface area contributed by atoms with E-state index in [1.54, 1.807) is 0 Å². The molecule has 1 nitrogen and oxygen atoms in total. The van der Waals surface area contributed by atoms with E-state index in [0.29, 0.717) is 0 Å². The highest BCUT2D eigenvalue weighted by molar-refractivity contribution is 5.17. The summed E-state index contributed by atoms with van der Waals surface area (Å²) < 4.78 is 0. The minimum Gasteiger partial charge on any atom is -0.389 e. The monoisotopic (exact) mass is 182 g/mol. The molecule has 0 amide bonds. The van der Waals surface area contributed by atoms with E-state index < -0.39 is 5.60 Å². The molecule has 2 aliphatic carbocycles. The van der Waals surface area contributed by atoms with E-state index >= 15 is 0 Å². The highest BCUT2D eigenvalue weighted by Gasteiger charge is 2.67. The molecule has 2 bridgehead atoms. The van der Waals surface area contributed by atoms with Crippen molar-refractivity contribution in [2.45, 2.75) is 59.0 Å². The van der Waals surface area contributed by atoms with Crippen LogP contribution in [-0.4, -0.2) is 10.7 Å². The summed E-state index contributed by atoms with van der Waals surface area (Å²) in [6.07, 6.45) is 4.70. The van der Waals surface area contributed by atoms with Gasteiger partial charge >= 0.3 is 0 Å². The Bertz CT molecular complexity index is 227. The van der Waals surface area contributed by atoms with E-state index in [-0.39, 0.29) is 10.8 Å². The van der Waals surface area contributed by atoms with Crippen molar-refractivity contribution in [2.24, 2.45) is 16.7 Å². The van der Waals surface area contributed by atoms with Gasteiger partial charge in [0.25, 0.3) is 0 Å². The Labute approximate surface area is 81.5 Å². The molecule has 0 radical (unpaired) electrons. The van der Waals surface area contributed by atoms with Gasteiger partial charge in [-0.05, 0) is 42.4 Å². The first-order chi connectivity index (χ1) is 5.87. The Morgan fingerprint density at radius 1 is 1.31 bits per heavy atom. The van der Waals surface area contributed by atoms with E-state index in [2.05, 4.69) is 27.7 Å². The number of hydrogen-bond acceptors (Lipinski definition) is 1. The van der Waals surface area contributed by atoms with Gasteiger partial charge < -0.3 is 5.11 Å². The van der Waals surface area contributed by atoms with E-state index in [9.17, 15) is 5.11 Å². The van der Waals surface area contributed by atoms with E-state index in [4.69, 9.17) is 0 Å². The third-order valence-electron chi connectivity index (χ3n) is 5.34. The van der Waals surface area contributed by atoms with Crippen LogP contribution in [0.3, 0.4) is 0 Å². The molecule has 1 N–H and O–H groups in total. The summed E-state index contributed by atoms with van der Waals surface area (Å²) in [5.74, 6) is 0.752. The number of fused-ring (bicyclic) bond motifs is 2. The molecule has 2 unspecified atom stereocenters. The molecule has 0 saturated heterocycles. The molecule has 0 aromatic heterocycles. The molecule has 0 spiro atoms. The van der Waals surface area contributed by atoms with Crippen LogP contribution in [0.2, 0.25) is 0 Å². The van der Waals surface area contributed by atoms with Crippen LogP contribution in [0.1, 0.15) is 53.4 Å². The third kappa shape index (κ3) is 0.823. The molecule has 76 valence electrons. The van der Waals surface area contributed by atoms with Crippen LogP contribution in [0.5, 0.6) is 0 Å². The average Bonchev–Trinajstić information content (AvgIpc) is 2.51. The first-order valence-electron chi connectivity index (χ1n) is 5.60. The highest BCUT2D eigenvalue weighted by atomic mass is 16.3. The molecular weight excluding hydrogens is 160 g/mol. The van der Waals surface area contributed by atoms with Gasteiger partial charge in [0, 0.05) is 0 Å². The molecule has 0 aromatic rings. The predicted molar refractivity (Wildman–Crippen MR) is 54.5 cm³/mol. The lowest BCUT2D eigenvalue weighted by atomic mass is 9.59. The Hall–Kier alpha value is -0.0400. The summed E-state index contributed by atoms with van der Waals surface area (Å²) in [7, 11) is 0. The fraction of sp³-hybridized carbons (Fsp3) is 1.00. The van der Waals surface area contributed by atoms with Crippen molar-refractivity contribution in [3.8, 4) is 0 Å². The van der Waals surface area contributed by atoms with Gasteiger partial charge in [-0.2, -0.15) is 0 Å². The van der Waals surface area contributed by atoms with E-state index in [1.807, 2.05) is 0 Å². The third-order valence-corrected chi connectivity index (χ3v) is 5.34. The summed E-state index contributed by atoms with van der Waals surface area (Å²) in [5, 5.41) is 10.8. The number of aliphatic hydroxyl groups is 1. The summed E-state index contributed by atoms with van der Waals surface area (Å²) >= 11 is 0. The summed E-state index contributed by atoms with van der Waals surface area (Å²) in [6.45, 7) is 8.93. The second-order valence-electron chi connectivity index (χ2n) is 5.94. The molecule has 3 atom stereocenters. The molecule has 13 heavy (non-hydrogen) atoms. The zero-order chi connectivity index (χ0) is 9.91. The van der Waals surface area contributed by atoms with Crippen LogP contribution in [-0.2, 0) is 0 Å². The lowest BCUT2D eigenvalue weighted by Crippen LogP contribution is -2.53. The molecule has 0 aliphatic heterocycles. The fourth-order valence-corrected chi connectivity index (χ4v) is 4.23. The van der Waals surface area contributed by atoms with Gasteiger partial charge in [-0.25, -0.2) is 0 Å². The normalized spacial score (nSPS) is 52.8. The Morgan fingerprint density at radius 2 is 1.92 bits per heavy atom. The standard InChI is InChI=1S/C12H22O/c1-5-12(13)10(2,3)9-6-7-11(12,4)8-9/h9,13H,5-8H2,1-4H3/t9?,11?,12-/m0/s1. The number of rotatable bonds is 1. The largest absolute Gasteiger partial charge is 0.389 e. The van der Waals surface area contributed by atoms with Gasteiger partial charge in [-0.15, -0.1) is 0 Å². The van der Waals surface area contributed by atoms with Crippen molar-refractivity contribution in [3.63, 3.8) is 0 Å². The Balaban J connectivity index is 2.45. The lowest BCUT2D eigenvalue weighted by Gasteiger charge is -2.50. The second-order valence-corrected chi connectivity index (χ2v) is 5.94. The molecular formula is C12H22O. The van der Waals surface area contributed by atoms with Crippen molar-refractivity contribution >= 4 is 0 Å². The van der Waals surface area contributed by atoms with Crippen LogP contribution in [0, 0.1) is 16.7 Å². The molecule has 2 aliphatic rings. The zero-order valence-electron chi connectivity index (χ0n) is 9.35. The first-order valence-corrected chi connectivity index (χ1v) is 5.60. The average molecular weight is 182 g/mol. The van der Waals surface area contributed by atoms with E-state index in [1.165, 1.54) is 19.3 Å². The quantitative estimate of drug-likeness (QED) is 0.661. The maximum absolute atomic E-state index is 10.8. The molecule has 2 rings (SSSR count). The van der Waals surface area contributed by atoms with Crippen LogP contribution in [0.4, 0.5) is 0 Å². The molecule has 1 heteroatoms.